The van der Waals surface area contributed by atoms with Crippen LogP contribution in [0.2, 0.25) is 0 Å². The van der Waals surface area contributed by atoms with E-state index in [1.165, 1.54) is 6.07 Å². The van der Waals surface area contributed by atoms with Crippen molar-refractivity contribution >= 4 is 5.91 Å². The van der Waals surface area contributed by atoms with E-state index in [4.69, 9.17) is 4.74 Å². The molecule has 0 N–H and O–H groups in total. The fourth-order valence-corrected chi connectivity index (χ4v) is 3.65. The Labute approximate surface area is 141 Å². The molecule has 24 heavy (non-hydrogen) atoms. The third-order valence-electron chi connectivity index (χ3n) is 5.46. The third kappa shape index (κ3) is 3.44. The van der Waals surface area contributed by atoms with Gasteiger partial charge in [0.25, 0.3) is 0 Å². The van der Waals surface area contributed by atoms with Crippen LogP contribution in [-0.4, -0.2) is 55.6 Å². The van der Waals surface area contributed by atoms with Crippen molar-refractivity contribution in [3.63, 3.8) is 0 Å². The van der Waals surface area contributed by atoms with Gasteiger partial charge in [-0.15, -0.1) is 0 Å². The number of benzene rings is 1. The molecule has 132 valence electrons. The molecule has 3 rings (SSSR count). The third-order valence-corrected chi connectivity index (χ3v) is 5.46. The number of hydrogen-bond donors (Lipinski definition) is 0. The van der Waals surface area contributed by atoms with Crippen LogP contribution in [0.5, 0.6) is 0 Å². The normalized spacial score (nSPS) is 25.3. The van der Waals surface area contributed by atoms with E-state index in [9.17, 15) is 13.6 Å². The topological polar surface area (TPSA) is 32.8 Å². The maximum atomic E-state index is 13.4. The Morgan fingerprint density at radius 2 is 2.17 bits per heavy atom. The maximum Gasteiger partial charge on any atom is 0.236 e. The number of likely N-dealkylation sites (N-methyl/N-ethyl adjacent to an activating group) is 1. The molecule has 2 atom stereocenters. The van der Waals surface area contributed by atoms with E-state index in [0.717, 1.165) is 51.3 Å². The highest BCUT2D eigenvalue weighted by molar-refractivity contribution is 5.78. The zero-order chi connectivity index (χ0) is 17.3. The first-order chi connectivity index (χ1) is 11.4. The van der Waals surface area contributed by atoms with Crippen LogP contribution in [0.25, 0.3) is 0 Å². The highest BCUT2D eigenvalue weighted by Gasteiger charge is 2.41. The first-order valence-electron chi connectivity index (χ1n) is 8.41. The van der Waals surface area contributed by atoms with E-state index in [1.807, 2.05) is 6.92 Å². The van der Waals surface area contributed by atoms with Gasteiger partial charge in [-0.1, -0.05) is 6.07 Å². The van der Waals surface area contributed by atoms with E-state index >= 15 is 0 Å². The minimum atomic E-state index is -0.886. The Balaban J connectivity index is 1.59. The summed E-state index contributed by atoms with van der Waals surface area (Å²) in [4.78, 5) is 16.3. The highest BCUT2D eigenvalue weighted by Crippen LogP contribution is 2.38. The largest absolute Gasteiger partial charge is 0.381 e. The standard InChI is InChI=1S/C18H24F2N2O2/c1-13(14-3-4-15(19)16(20)9-14)21(2)17(23)10-22-7-5-18(11-22)6-8-24-12-18/h3-4,9,13H,5-8,10-12H2,1-2H3/t13-,18-/m0/s1. The van der Waals surface area contributed by atoms with Gasteiger partial charge in [-0.25, -0.2) is 8.78 Å². The Morgan fingerprint density at radius 1 is 1.38 bits per heavy atom. The van der Waals surface area contributed by atoms with E-state index in [-0.39, 0.29) is 17.4 Å². The van der Waals surface area contributed by atoms with Gasteiger partial charge in [-0.05, 0) is 44.0 Å². The SMILES string of the molecule is C[C@@H](c1ccc(F)c(F)c1)N(C)C(=O)CN1CC[C@]2(CCOC2)C1. The van der Waals surface area contributed by atoms with E-state index in [2.05, 4.69) is 4.90 Å². The van der Waals surface area contributed by atoms with Gasteiger partial charge in [0.15, 0.2) is 11.6 Å². The molecule has 0 saturated carbocycles. The molecule has 1 amide bonds. The Kier molecular flexibility index (Phi) is 4.88. The molecule has 0 bridgehead atoms. The Morgan fingerprint density at radius 3 is 2.83 bits per heavy atom. The second kappa shape index (κ2) is 6.76. The molecule has 0 aliphatic carbocycles. The molecule has 2 aliphatic heterocycles. The molecular weight excluding hydrogens is 314 g/mol. The Hall–Kier alpha value is -1.53. The summed E-state index contributed by atoms with van der Waals surface area (Å²) in [6, 6.07) is 3.47. The van der Waals surface area contributed by atoms with E-state index in [0.29, 0.717) is 12.1 Å². The number of halogens is 2. The van der Waals surface area contributed by atoms with Crippen LogP contribution in [0.3, 0.4) is 0 Å². The predicted molar refractivity (Wildman–Crippen MR) is 86.5 cm³/mol. The van der Waals surface area contributed by atoms with Crippen LogP contribution in [0.4, 0.5) is 8.78 Å². The summed E-state index contributed by atoms with van der Waals surface area (Å²) in [6.45, 7) is 5.58. The molecule has 4 nitrogen and oxygen atoms in total. The monoisotopic (exact) mass is 338 g/mol. The second-order valence-electron chi connectivity index (χ2n) is 7.12. The lowest BCUT2D eigenvalue weighted by atomic mass is 9.87. The molecule has 1 spiro atoms. The lowest BCUT2D eigenvalue weighted by Gasteiger charge is -2.28. The average Bonchev–Trinajstić information content (AvgIpc) is 3.18. The van der Waals surface area contributed by atoms with Crippen molar-refractivity contribution in [2.75, 3.05) is 39.9 Å². The van der Waals surface area contributed by atoms with Crippen LogP contribution in [0, 0.1) is 17.0 Å². The van der Waals surface area contributed by atoms with Crippen molar-refractivity contribution in [2.24, 2.45) is 5.41 Å². The summed E-state index contributed by atoms with van der Waals surface area (Å²) in [5.74, 6) is -1.77. The quantitative estimate of drug-likeness (QED) is 0.846. The number of hydrogen-bond acceptors (Lipinski definition) is 3. The minimum absolute atomic E-state index is 0.0109. The van der Waals surface area contributed by atoms with Gasteiger partial charge in [0.2, 0.25) is 5.91 Å². The fraction of sp³-hybridized carbons (Fsp3) is 0.611. The average molecular weight is 338 g/mol. The van der Waals surface area contributed by atoms with E-state index in [1.54, 1.807) is 11.9 Å². The van der Waals surface area contributed by atoms with Gasteiger partial charge in [-0.2, -0.15) is 0 Å². The first-order valence-corrected chi connectivity index (χ1v) is 8.41. The van der Waals surface area contributed by atoms with Gasteiger partial charge in [0.05, 0.1) is 19.2 Å². The van der Waals surface area contributed by atoms with Crippen molar-refractivity contribution < 1.29 is 18.3 Å². The molecule has 0 aromatic heterocycles. The minimum Gasteiger partial charge on any atom is -0.381 e. The first kappa shape index (κ1) is 17.3. The molecule has 0 radical (unpaired) electrons. The van der Waals surface area contributed by atoms with Gasteiger partial charge < -0.3 is 9.64 Å². The number of amides is 1. The maximum absolute atomic E-state index is 13.4. The number of likely N-dealkylation sites (tertiary alicyclic amines) is 1. The molecule has 1 aromatic rings. The van der Waals surface area contributed by atoms with Crippen molar-refractivity contribution in [3.05, 3.63) is 35.4 Å². The highest BCUT2D eigenvalue weighted by atomic mass is 19.2. The smallest absolute Gasteiger partial charge is 0.236 e. The number of ether oxygens (including phenoxy) is 1. The summed E-state index contributed by atoms with van der Waals surface area (Å²) in [6.07, 6.45) is 2.14. The zero-order valence-electron chi connectivity index (χ0n) is 14.2. The molecule has 2 aliphatic rings. The number of nitrogens with zero attached hydrogens (tertiary/aromatic N) is 2. The Bertz CT molecular complexity index is 617. The number of carbonyl (C=O) groups excluding carboxylic acids is 1. The van der Waals surface area contributed by atoms with Gasteiger partial charge in [-0.3, -0.25) is 9.69 Å². The number of carbonyl (C=O) groups is 1. The summed E-state index contributed by atoms with van der Waals surface area (Å²) >= 11 is 0. The molecule has 2 saturated heterocycles. The summed E-state index contributed by atoms with van der Waals surface area (Å²) < 4.78 is 32.0. The lowest BCUT2D eigenvalue weighted by molar-refractivity contribution is -0.132. The van der Waals surface area contributed by atoms with Crippen molar-refractivity contribution in [1.82, 2.24) is 9.80 Å². The fourth-order valence-electron chi connectivity index (χ4n) is 3.65. The van der Waals surface area contributed by atoms with Crippen LogP contribution < -0.4 is 0 Å². The molecule has 1 aromatic carbocycles. The van der Waals surface area contributed by atoms with Gasteiger partial charge in [0.1, 0.15) is 0 Å². The lowest BCUT2D eigenvalue weighted by Crippen LogP contribution is -2.39. The molecule has 2 heterocycles. The molecular formula is C18H24F2N2O2. The molecule has 0 unspecified atom stereocenters. The van der Waals surface area contributed by atoms with Crippen molar-refractivity contribution in [2.45, 2.75) is 25.8 Å². The molecule has 6 heteroatoms. The number of rotatable bonds is 4. The summed E-state index contributed by atoms with van der Waals surface area (Å²) in [5, 5.41) is 0. The van der Waals surface area contributed by atoms with Crippen molar-refractivity contribution in [3.8, 4) is 0 Å². The van der Waals surface area contributed by atoms with Crippen LogP contribution >= 0.6 is 0 Å². The molecule has 2 fully saturated rings. The van der Waals surface area contributed by atoms with Crippen LogP contribution in [0.15, 0.2) is 18.2 Å². The zero-order valence-corrected chi connectivity index (χ0v) is 14.2. The van der Waals surface area contributed by atoms with Crippen LogP contribution in [-0.2, 0) is 9.53 Å². The summed E-state index contributed by atoms with van der Waals surface area (Å²) in [5.41, 5.74) is 0.816. The summed E-state index contributed by atoms with van der Waals surface area (Å²) in [7, 11) is 1.71. The predicted octanol–water partition coefficient (Wildman–Crippen LogP) is 2.60. The van der Waals surface area contributed by atoms with E-state index < -0.39 is 11.6 Å². The van der Waals surface area contributed by atoms with Gasteiger partial charge >= 0.3 is 0 Å². The second-order valence-corrected chi connectivity index (χ2v) is 7.12. The van der Waals surface area contributed by atoms with Gasteiger partial charge in [0, 0.05) is 25.6 Å². The van der Waals surface area contributed by atoms with Crippen molar-refractivity contribution in [1.29, 1.82) is 0 Å². The van der Waals surface area contributed by atoms with Crippen LogP contribution in [0.1, 0.15) is 31.4 Å².